The maximum atomic E-state index is 13.2. The fourth-order valence-electron chi connectivity index (χ4n) is 5.19. The third kappa shape index (κ3) is 4.79. The van der Waals surface area contributed by atoms with Crippen LogP contribution >= 0.6 is 0 Å². The molecule has 5 nitrogen and oxygen atoms in total. The van der Waals surface area contributed by atoms with E-state index in [9.17, 15) is 22.8 Å². The summed E-state index contributed by atoms with van der Waals surface area (Å²) >= 11 is 0. The van der Waals surface area contributed by atoms with E-state index in [0.29, 0.717) is 26.2 Å². The van der Waals surface area contributed by atoms with E-state index in [0.717, 1.165) is 17.0 Å². The Morgan fingerprint density at radius 3 is 1.89 bits per heavy atom. The zero-order valence-corrected chi connectivity index (χ0v) is 19.6. The molecule has 186 valence electrons. The molecule has 0 aromatic heterocycles. The maximum Gasteiger partial charge on any atom is 0.416 e. The van der Waals surface area contributed by atoms with Gasteiger partial charge >= 0.3 is 6.18 Å². The molecule has 1 atom stereocenters. The lowest BCUT2D eigenvalue weighted by molar-refractivity contribution is -0.137. The van der Waals surface area contributed by atoms with Gasteiger partial charge in [0, 0.05) is 26.2 Å². The van der Waals surface area contributed by atoms with Crippen molar-refractivity contribution in [3.63, 3.8) is 0 Å². The number of benzene rings is 3. The average molecular weight is 494 g/mol. The molecule has 2 aliphatic heterocycles. The van der Waals surface area contributed by atoms with Crippen molar-refractivity contribution in [2.24, 2.45) is 0 Å². The number of hydrogen-bond acceptors (Lipinski definition) is 4. The highest BCUT2D eigenvalue weighted by Crippen LogP contribution is 2.34. The number of piperazine rings is 1. The number of anilines is 1. The molecule has 0 aliphatic carbocycles. The number of imide groups is 1. The van der Waals surface area contributed by atoms with Crippen molar-refractivity contribution in [3.05, 3.63) is 102 Å². The molecule has 0 radical (unpaired) electrons. The predicted octanol–water partition coefficient (Wildman–Crippen LogP) is 4.74. The summed E-state index contributed by atoms with van der Waals surface area (Å²) in [6.07, 6.45) is -4.58. The van der Waals surface area contributed by atoms with Crippen LogP contribution in [0.2, 0.25) is 0 Å². The molecule has 2 saturated heterocycles. The Hall–Kier alpha value is -3.49. The van der Waals surface area contributed by atoms with Crippen molar-refractivity contribution < 1.29 is 22.8 Å². The molecule has 0 N–H and O–H groups in total. The van der Waals surface area contributed by atoms with Crippen LogP contribution in [0, 0.1) is 0 Å². The molecule has 2 aliphatic rings. The molecule has 2 heterocycles. The molecule has 3 aromatic carbocycles. The minimum absolute atomic E-state index is 0.0319. The number of nitrogens with zero attached hydrogens (tertiary/aromatic N) is 3. The van der Waals surface area contributed by atoms with E-state index in [2.05, 4.69) is 29.2 Å². The number of carbonyl (C=O) groups is 2. The first-order valence-electron chi connectivity index (χ1n) is 11.9. The standard InChI is InChI=1S/C28H26F3N3O2/c29-28(30,31)22-12-7-13-23(18-22)34-25(35)19-24(27(34)36)32-14-16-33(17-15-32)26(20-8-3-1-4-9-20)21-10-5-2-6-11-21/h1-13,18,24,26H,14-17,19H2/t24-/m0/s1. The summed E-state index contributed by atoms with van der Waals surface area (Å²) < 4.78 is 39.5. The fraction of sp³-hybridized carbons (Fsp3) is 0.286. The summed E-state index contributed by atoms with van der Waals surface area (Å²) in [4.78, 5) is 31.2. The van der Waals surface area contributed by atoms with Gasteiger partial charge in [0.15, 0.2) is 0 Å². The minimum Gasteiger partial charge on any atom is -0.290 e. The van der Waals surface area contributed by atoms with Crippen molar-refractivity contribution in [1.29, 1.82) is 0 Å². The predicted molar refractivity (Wildman–Crippen MR) is 130 cm³/mol. The Balaban J connectivity index is 1.31. The summed E-state index contributed by atoms with van der Waals surface area (Å²) in [6.45, 7) is 2.54. The van der Waals surface area contributed by atoms with Gasteiger partial charge in [-0.3, -0.25) is 19.4 Å². The lowest BCUT2D eigenvalue weighted by Gasteiger charge is -2.41. The highest BCUT2D eigenvalue weighted by molar-refractivity contribution is 6.22. The van der Waals surface area contributed by atoms with E-state index in [1.165, 1.54) is 23.3 Å². The third-order valence-corrected chi connectivity index (χ3v) is 6.94. The summed E-state index contributed by atoms with van der Waals surface area (Å²) in [6, 6.07) is 24.3. The van der Waals surface area contributed by atoms with Gasteiger partial charge in [0.05, 0.1) is 29.8 Å². The molecule has 0 saturated carbocycles. The molecular formula is C28H26F3N3O2. The molecular weight excluding hydrogens is 467 g/mol. The zero-order valence-electron chi connectivity index (χ0n) is 19.6. The Kier molecular flexibility index (Phi) is 6.64. The number of hydrogen-bond donors (Lipinski definition) is 0. The molecule has 2 fully saturated rings. The largest absolute Gasteiger partial charge is 0.416 e. The number of carbonyl (C=O) groups excluding carboxylic acids is 2. The van der Waals surface area contributed by atoms with Gasteiger partial charge in [0.1, 0.15) is 0 Å². The van der Waals surface area contributed by atoms with E-state index in [-0.39, 0.29) is 18.2 Å². The van der Waals surface area contributed by atoms with Crippen LogP contribution in [0.4, 0.5) is 18.9 Å². The van der Waals surface area contributed by atoms with Crippen LogP contribution < -0.4 is 4.90 Å². The molecule has 36 heavy (non-hydrogen) atoms. The molecule has 5 rings (SSSR count). The van der Waals surface area contributed by atoms with Gasteiger partial charge in [-0.2, -0.15) is 13.2 Å². The minimum atomic E-state index is -4.55. The third-order valence-electron chi connectivity index (χ3n) is 6.94. The Labute approximate surface area is 207 Å². The smallest absolute Gasteiger partial charge is 0.290 e. The van der Waals surface area contributed by atoms with Crippen LogP contribution in [0.1, 0.15) is 29.2 Å². The van der Waals surface area contributed by atoms with Gasteiger partial charge in [0.2, 0.25) is 5.91 Å². The second-order valence-electron chi connectivity index (χ2n) is 9.13. The molecule has 2 amide bonds. The van der Waals surface area contributed by atoms with Crippen LogP contribution in [-0.2, 0) is 15.8 Å². The van der Waals surface area contributed by atoms with Crippen molar-refractivity contribution in [2.75, 3.05) is 31.1 Å². The molecule has 0 bridgehead atoms. The van der Waals surface area contributed by atoms with Crippen LogP contribution in [-0.4, -0.2) is 53.8 Å². The number of rotatable bonds is 5. The Morgan fingerprint density at radius 2 is 1.33 bits per heavy atom. The maximum absolute atomic E-state index is 13.2. The highest BCUT2D eigenvalue weighted by Gasteiger charge is 2.44. The molecule has 0 unspecified atom stereocenters. The van der Waals surface area contributed by atoms with Crippen LogP contribution in [0.15, 0.2) is 84.9 Å². The zero-order chi connectivity index (χ0) is 25.3. The quantitative estimate of drug-likeness (QED) is 0.482. The van der Waals surface area contributed by atoms with Gasteiger partial charge < -0.3 is 0 Å². The molecule has 8 heteroatoms. The highest BCUT2D eigenvalue weighted by atomic mass is 19.4. The van der Waals surface area contributed by atoms with Gasteiger partial charge in [-0.05, 0) is 29.3 Å². The lowest BCUT2D eigenvalue weighted by Crippen LogP contribution is -2.53. The van der Waals surface area contributed by atoms with Gasteiger partial charge in [-0.15, -0.1) is 0 Å². The van der Waals surface area contributed by atoms with E-state index in [1.807, 2.05) is 41.3 Å². The van der Waals surface area contributed by atoms with Crippen molar-refractivity contribution in [1.82, 2.24) is 9.80 Å². The van der Waals surface area contributed by atoms with E-state index >= 15 is 0 Å². The first kappa shape index (κ1) is 24.2. The van der Waals surface area contributed by atoms with E-state index in [1.54, 1.807) is 0 Å². The van der Waals surface area contributed by atoms with Crippen molar-refractivity contribution >= 4 is 17.5 Å². The number of amides is 2. The number of alkyl halides is 3. The Morgan fingerprint density at radius 1 is 0.750 bits per heavy atom. The second kappa shape index (κ2) is 9.87. The summed E-state index contributed by atoms with van der Waals surface area (Å²) in [5, 5.41) is 0. The molecule has 3 aromatic rings. The van der Waals surface area contributed by atoms with Gasteiger partial charge in [0.25, 0.3) is 5.91 Å². The first-order chi connectivity index (χ1) is 17.3. The van der Waals surface area contributed by atoms with Crippen LogP contribution in [0.3, 0.4) is 0 Å². The molecule has 0 spiro atoms. The van der Waals surface area contributed by atoms with Gasteiger partial charge in [-0.25, -0.2) is 4.90 Å². The summed E-state index contributed by atoms with van der Waals surface area (Å²) in [5.41, 5.74) is 1.44. The summed E-state index contributed by atoms with van der Waals surface area (Å²) in [7, 11) is 0. The summed E-state index contributed by atoms with van der Waals surface area (Å²) in [5.74, 6) is -0.936. The SMILES string of the molecule is O=C1C[C@H](N2CCN(C(c3ccccc3)c3ccccc3)CC2)C(=O)N1c1cccc(C(F)(F)F)c1. The monoisotopic (exact) mass is 493 g/mol. The van der Waals surface area contributed by atoms with E-state index in [4.69, 9.17) is 0 Å². The fourth-order valence-corrected chi connectivity index (χ4v) is 5.19. The van der Waals surface area contributed by atoms with Crippen molar-refractivity contribution in [3.8, 4) is 0 Å². The second-order valence-corrected chi connectivity index (χ2v) is 9.13. The van der Waals surface area contributed by atoms with Gasteiger partial charge in [-0.1, -0.05) is 66.7 Å². The topological polar surface area (TPSA) is 43.9 Å². The lowest BCUT2D eigenvalue weighted by atomic mass is 9.96. The van der Waals surface area contributed by atoms with Crippen molar-refractivity contribution in [2.45, 2.75) is 24.7 Å². The average Bonchev–Trinajstić information content (AvgIpc) is 3.19. The van der Waals surface area contributed by atoms with E-state index < -0.39 is 29.6 Å². The van der Waals surface area contributed by atoms with Crippen LogP contribution in [0.25, 0.3) is 0 Å². The first-order valence-corrected chi connectivity index (χ1v) is 11.9. The Bertz CT molecular complexity index is 1190. The number of halogens is 3. The normalized spacial score (nSPS) is 19.9. The van der Waals surface area contributed by atoms with Crippen LogP contribution in [0.5, 0.6) is 0 Å².